The maximum Gasteiger partial charge on any atom is 0.267 e. The van der Waals surface area contributed by atoms with E-state index in [0.29, 0.717) is 23.2 Å². The van der Waals surface area contributed by atoms with Crippen molar-refractivity contribution in [3.63, 3.8) is 0 Å². The summed E-state index contributed by atoms with van der Waals surface area (Å²) < 4.78 is 3.13. The van der Waals surface area contributed by atoms with Crippen molar-refractivity contribution in [2.24, 2.45) is 0 Å². The molecule has 0 aliphatic carbocycles. The van der Waals surface area contributed by atoms with E-state index in [1.165, 1.54) is 10.5 Å². The molecule has 0 bridgehead atoms. The van der Waals surface area contributed by atoms with Crippen LogP contribution in [0.1, 0.15) is 46.9 Å². The van der Waals surface area contributed by atoms with Gasteiger partial charge in [0, 0.05) is 18.8 Å². The Morgan fingerprint density at radius 2 is 1.84 bits per heavy atom. The summed E-state index contributed by atoms with van der Waals surface area (Å²) in [7, 11) is 0. The number of nitrogens with zero attached hydrogens (tertiary/aromatic N) is 3. The normalized spacial score (nSPS) is 11.4. The first-order valence-electron chi connectivity index (χ1n) is 10.2. The van der Waals surface area contributed by atoms with Crippen molar-refractivity contribution in [1.29, 1.82) is 5.41 Å². The highest BCUT2D eigenvalue weighted by Crippen LogP contribution is 2.16. The number of aryl methyl sites for hydroxylation is 2. The Morgan fingerprint density at radius 1 is 1.13 bits per heavy atom. The van der Waals surface area contributed by atoms with Gasteiger partial charge >= 0.3 is 0 Å². The van der Waals surface area contributed by atoms with Crippen LogP contribution in [0.5, 0.6) is 0 Å². The van der Waals surface area contributed by atoms with Crippen molar-refractivity contribution >= 4 is 22.6 Å². The minimum absolute atomic E-state index is 0.0359. The molecule has 7 heteroatoms. The molecule has 1 amide bonds. The van der Waals surface area contributed by atoms with Crippen LogP contribution in [0.3, 0.4) is 0 Å². The zero-order valence-electron chi connectivity index (χ0n) is 18.1. The molecule has 4 aromatic rings. The van der Waals surface area contributed by atoms with Gasteiger partial charge in [0.2, 0.25) is 0 Å². The van der Waals surface area contributed by atoms with E-state index in [2.05, 4.69) is 5.32 Å². The molecule has 0 radical (unpaired) electrons. The Kier molecular flexibility index (Phi) is 5.19. The van der Waals surface area contributed by atoms with Gasteiger partial charge in [-0.2, -0.15) is 0 Å². The van der Waals surface area contributed by atoms with Gasteiger partial charge in [-0.3, -0.25) is 19.4 Å². The molecule has 7 nitrogen and oxygen atoms in total. The number of nitrogens with one attached hydrogen (secondary N) is 2. The maximum atomic E-state index is 13.2. The number of carbonyl (C=O) groups excluding carboxylic acids is 1. The standard InChI is InChI=1S/C24H25N5O2/c1-14(2)29-20(25)18(23(30)26-13-17-9-7-15(3)8-10-17)12-19-22(29)27-21-16(4)6-5-11-28(21)24(19)31/h5-12,14,25H,13H2,1-4H3,(H,26,30). The van der Waals surface area contributed by atoms with Crippen molar-refractivity contribution in [3.05, 3.63) is 86.8 Å². The van der Waals surface area contributed by atoms with Crippen LogP contribution in [-0.2, 0) is 6.54 Å². The molecule has 3 aromatic heterocycles. The molecule has 0 aliphatic heterocycles. The predicted octanol–water partition coefficient (Wildman–Crippen LogP) is 3.26. The number of rotatable bonds is 4. The lowest BCUT2D eigenvalue weighted by Gasteiger charge is -2.17. The van der Waals surface area contributed by atoms with Gasteiger partial charge < -0.3 is 9.88 Å². The molecular weight excluding hydrogens is 390 g/mol. The van der Waals surface area contributed by atoms with Crippen LogP contribution in [-0.4, -0.2) is 19.9 Å². The number of amides is 1. The van der Waals surface area contributed by atoms with E-state index in [-0.39, 0.29) is 22.7 Å². The lowest BCUT2D eigenvalue weighted by atomic mass is 10.1. The third-order valence-electron chi connectivity index (χ3n) is 5.41. The molecule has 0 aliphatic rings. The second-order valence-electron chi connectivity index (χ2n) is 8.08. The van der Waals surface area contributed by atoms with Crippen molar-refractivity contribution in [3.8, 4) is 0 Å². The topological polar surface area (TPSA) is 92.2 Å². The summed E-state index contributed by atoms with van der Waals surface area (Å²) in [5.41, 5.74) is 3.86. The Hall–Kier alpha value is -3.74. The van der Waals surface area contributed by atoms with Crippen molar-refractivity contribution in [1.82, 2.24) is 19.3 Å². The Balaban J connectivity index is 1.87. The van der Waals surface area contributed by atoms with Crippen LogP contribution < -0.4 is 16.4 Å². The molecule has 4 rings (SSSR count). The average Bonchev–Trinajstić information content (AvgIpc) is 2.73. The van der Waals surface area contributed by atoms with Gasteiger partial charge in [-0.1, -0.05) is 35.9 Å². The second-order valence-corrected chi connectivity index (χ2v) is 8.08. The fraction of sp³-hybridized carbons (Fsp3) is 0.250. The molecule has 2 N–H and O–H groups in total. The molecule has 0 fully saturated rings. The Labute approximate surface area is 179 Å². The Bertz CT molecular complexity index is 1430. The molecule has 0 saturated carbocycles. The third-order valence-corrected chi connectivity index (χ3v) is 5.41. The van der Waals surface area contributed by atoms with Crippen molar-refractivity contribution in [2.75, 3.05) is 0 Å². The highest BCUT2D eigenvalue weighted by atomic mass is 16.1. The number of carbonyl (C=O) groups is 1. The van der Waals surface area contributed by atoms with E-state index in [4.69, 9.17) is 10.4 Å². The van der Waals surface area contributed by atoms with Crippen LogP contribution in [0.2, 0.25) is 0 Å². The molecule has 1 aromatic carbocycles. The Morgan fingerprint density at radius 3 is 2.52 bits per heavy atom. The lowest BCUT2D eigenvalue weighted by Crippen LogP contribution is -2.35. The van der Waals surface area contributed by atoms with E-state index in [1.54, 1.807) is 16.8 Å². The van der Waals surface area contributed by atoms with E-state index in [9.17, 15) is 9.59 Å². The maximum absolute atomic E-state index is 13.2. The molecule has 31 heavy (non-hydrogen) atoms. The monoisotopic (exact) mass is 415 g/mol. The first-order valence-corrected chi connectivity index (χ1v) is 10.2. The number of hydrogen-bond donors (Lipinski definition) is 2. The SMILES string of the molecule is Cc1ccc(CNC(=O)c2cc3c(=O)n4cccc(C)c4nc3n(C(C)C)c2=N)cc1. The summed E-state index contributed by atoms with van der Waals surface area (Å²) in [6.45, 7) is 8.06. The van der Waals surface area contributed by atoms with E-state index in [1.807, 2.05) is 58.0 Å². The van der Waals surface area contributed by atoms with Gasteiger partial charge in [-0.25, -0.2) is 4.98 Å². The smallest absolute Gasteiger partial charge is 0.267 e. The number of hydrogen-bond acceptors (Lipinski definition) is 4. The van der Waals surface area contributed by atoms with Gasteiger partial charge in [-0.15, -0.1) is 0 Å². The molecule has 0 atom stereocenters. The average molecular weight is 415 g/mol. The molecule has 0 spiro atoms. The minimum atomic E-state index is -0.393. The number of pyridine rings is 2. The van der Waals surface area contributed by atoms with Gasteiger partial charge in [0.15, 0.2) is 0 Å². The lowest BCUT2D eigenvalue weighted by molar-refractivity contribution is 0.0948. The van der Waals surface area contributed by atoms with Gasteiger partial charge in [0.05, 0.1) is 10.9 Å². The molecule has 158 valence electrons. The first kappa shape index (κ1) is 20.5. The molecular formula is C24H25N5O2. The quantitative estimate of drug-likeness (QED) is 0.501. The largest absolute Gasteiger partial charge is 0.348 e. The fourth-order valence-corrected chi connectivity index (χ4v) is 3.72. The van der Waals surface area contributed by atoms with Gasteiger partial charge in [-0.05, 0) is 51.0 Å². The summed E-state index contributed by atoms with van der Waals surface area (Å²) in [6.07, 6.45) is 1.67. The summed E-state index contributed by atoms with van der Waals surface area (Å²) in [5.74, 6) is -0.393. The highest BCUT2D eigenvalue weighted by molar-refractivity contribution is 5.96. The molecule has 0 saturated heterocycles. The van der Waals surface area contributed by atoms with E-state index in [0.717, 1.165) is 16.7 Å². The second kappa shape index (κ2) is 7.83. The van der Waals surface area contributed by atoms with Gasteiger partial charge in [0.25, 0.3) is 11.5 Å². The minimum Gasteiger partial charge on any atom is -0.348 e. The van der Waals surface area contributed by atoms with E-state index >= 15 is 0 Å². The van der Waals surface area contributed by atoms with Crippen LogP contribution in [0.25, 0.3) is 16.7 Å². The number of benzene rings is 1. The van der Waals surface area contributed by atoms with Crippen LogP contribution in [0.4, 0.5) is 0 Å². The zero-order valence-corrected chi connectivity index (χ0v) is 18.1. The van der Waals surface area contributed by atoms with Crippen LogP contribution in [0, 0.1) is 19.3 Å². The summed E-state index contributed by atoms with van der Waals surface area (Å²) in [5, 5.41) is 11.9. The number of aromatic nitrogens is 3. The summed E-state index contributed by atoms with van der Waals surface area (Å²) in [6, 6.07) is 12.9. The van der Waals surface area contributed by atoms with E-state index < -0.39 is 5.91 Å². The predicted molar refractivity (Wildman–Crippen MR) is 120 cm³/mol. The summed E-state index contributed by atoms with van der Waals surface area (Å²) in [4.78, 5) is 30.9. The first-order chi connectivity index (χ1) is 14.8. The van der Waals surface area contributed by atoms with Crippen molar-refractivity contribution in [2.45, 2.75) is 40.3 Å². The molecule has 3 heterocycles. The third kappa shape index (κ3) is 3.63. The van der Waals surface area contributed by atoms with Gasteiger partial charge in [0.1, 0.15) is 16.8 Å². The number of fused-ring (bicyclic) bond motifs is 2. The summed E-state index contributed by atoms with van der Waals surface area (Å²) >= 11 is 0. The highest BCUT2D eigenvalue weighted by Gasteiger charge is 2.19. The van der Waals surface area contributed by atoms with Crippen LogP contribution in [0.15, 0.2) is 53.5 Å². The zero-order chi connectivity index (χ0) is 22.3. The molecule has 0 unspecified atom stereocenters. The fourth-order valence-electron chi connectivity index (χ4n) is 3.72. The van der Waals surface area contributed by atoms with Crippen LogP contribution >= 0.6 is 0 Å². The van der Waals surface area contributed by atoms with Crippen molar-refractivity contribution < 1.29 is 4.79 Å².